The molecule has 0 saturated carbocycles. The lowest BCUT2D eigenvalue weighted by Gasteiger charge is -2.21. The number of ether oxygens (including phenoxy) is 1. The lowest BCUT2D eigenvalue weighted by molar-refractivity contribution is 0.0512. The maximum atomic E-state index is 11.5. The molecule has 1 unspecified atom stereocenters. The van der Waals surface area contributed by atoms with Gasteiger partial charge in [-0.3, -0.25) is 0 Å². The number of nitrogens with one attached hydrogen (secondary N) is 1. The summed E-state index contributed by atoms with van der Waals surface area (Å²) in [5.41, 5.74) is 0.442. The Morgan fingerprint density at radius 3 is 2.74 bits per heavy atom. The van der Waals surface area contributed by atoms with E-state index >= 15 is 0 Å². The molecule has 108 valence electrons. The van der Waals surface area contributed by atoms with Crippen LogP contribution in [0, 0.1) is 12.8 Å². The van der Waals surface area contributed by atoms with Crippen LogP contribution in [0.1, 0.15) is 31.5 Å². The van der Waals surface area contributed by atoms with Crippen molar-refractivity contribution in [1.29, 1.82) is 0 Å². The number of rotatable bonds is 5. The first-order valence-corrected chi connectivity index (χ1v) is 7.17. The Bertz CT molecular complexity index is 412. The van der Waals surface area contributed by atoms with Crippen LogP contribution in [-0.2, 0) is 11.2 Å². The van der Waals surface area contributed by atoms with E-state index in [2.05, 4.69) is 10.3 Å². The second-order valence-electron chi connectivity index (χ2n) is 5.49. The molecule has 1 aromatic rings. The molecule has 0 aromatic carbocycles. The minimum Gasteiger partial charge on any atom is -0.444 e. The zero-order chi connectivity index (χ0) is 14.5. The smallest absolute Gasteiger partial charge is 0.407 e. The van der Waals surface area contributed by atoms with Gasteiger partial charge in [-0.1, -0.05) is 0 Å². The first-order chi connectivity index (χ1) is 8.80. The highest BCUT2D eigenvalue weighted by atomic mass is 32.1. The van der Waals surface area contributed by atoms with Gasteiger partial charge in [-0.2, -0.15) is 0 Å². The SMILES string of the molecule is Cc1nc(CC(CO)CNC(=O)OC(C)(C)C)cs1. The molecule has 2 N–H and O–H groups in total. The lowest BCUT2D eigenvalue weighted by atomic mass is 10.1. The van der Waals surface area contributed by atoms with Crippen molar-refractivity contribution in [3.8, 4) is 0 Å². The number of aryl methyl sites for hydroxylation is 1. The second-order valence-corrected chi connectivity index (χ2v) is 6.56. The van der Waals surface area contributed by atoms with Gasteiger partial charge in [-0.15, -0.1) is 11.3 Å². The first-order valence-electron chi connectivity index (χ1n) is 6.29. The van der Waals surface area contributed by atoms with Crippen LogP contribution in [0.25, 0.3) is 0 Å². The van der Waals surface area contributed by atoms with Gasteiger partial charge >= 0.3 is 6.09 Å². The Kier molecular flexibility index (Phi) is 5.75. The third kappa shape index (κ3) is 6.54. The van der Waals surface area contributed by atoms with Crippen molar-refractivity contribution in [3.63, 3.8) is 0 Å². The van der Waals surface area contributed by atoms with Gasteiger partial charge in [0, 0.05) is 24.4 Å². The molecule has 1 aromatic heterocycles. The Morgan fingerprint density at radius 1 is 1.58 bits per heavy atom. The monoisotopic (exact) mass is 286 g/mol. The molecule has 1 amide bonds. The van der Waals surface area contributed by atoms with Crippen molar-refractivity contribution in [2.75, 3.05) is 13.2 Å². The zero-order valence-electron chi connectivity index (χ0n) is 11.9. The van der Waals surface area contributed by atoms with Gasteiger partial charge in [0.05, 0.1) is 10.7 Å². The van der Waals surface area contributed by atoms with E-state index in [4.69, 9.17) is 4.74 Å². The number of thiazole rings is 1. The Hall–Kier alpha value is -1.14. The van der Waals surface area contributed by atoms with Gasteiger partial charge in [-0.05, 0) is 34.1 Å². The molecule has 5 nitrogen and oxygen atoms in total. The van der Waals surface area contributed by atoms with E-state index in [9.17, 15) is 9.90 Å². The number of hydrogen-bond acceptors (Lipinski definition) is 5. The molecule has 1 heterocycles. The lowest BCUT2D eigenvalue weighted by Crippen LogP contribution is -2.36. The van der Waals surface area contributed by atoms with Crippen LogP contribution in [0.5, 0.6) is 0 Å². The second kappa shape index (κ2) is 6.86. The largest absolute Gasteiger partial charge is 0.444 e. The van der Waals surface area contributed by atoms with Crippen molar-refractivity contribution in [2.24, 2.45) is 5.92 Å². The van der Waals surface area contributed by atoms with Crippen molar-refractivity contribution in [1.82, 2.24) is 10.3 Å². The summed E-state index contributed by atoms with van der Waals surface area (Å²) >= 11 is 1.58. The number of carbonyl (C=O) groups is 1. The van der Waals surface area contributed by atoms with Gasteiger partial charge in [0.25, 0.3) is 0 Å². The van der Waals surface area contributed by atoms with Gasteiger partial charge in [0.1, 0.15) is 5.60 Å². The van der Waals surface area contributed by atoms with E-state index in [-0.39, 0.29) is 12.5 Å². The minimum absolute atomic E-state index is 0.00632. The minimum atomic E-state index is -0.509. The van der Waals surface area contributed by atoms with Crippen LogP contribution in [0.4, 0.5) is 4.79 Å². The van der Waals surface area contributed by atoms with Crippen LogP contribution in [0.15, 0.2) is 5.38 Å². The van der Waals surface area contributed by atoms with Crippen molar-refractivity contribution >= 4 is 17.4 Å². The topological polar surface area (TPSA) is 71.5 Å². The van der Waals surface area contributed by atoms with E-state index in [0.29, 0.717) is 13.0 Å². The number of aromatic nitrogens is 1. The summed E-state index contributed by atoms with van der Waals surface area (Å²) in [5.74, 6) is -0.0472. The standard InChI is InChI=1S/C13H22N2O3S/c1-9-15-11(8-19-9)5-10(7-16)6-14-12(17)18-13(2,3)4/h8,10,16H,5-7H2,1-4H3,(H,14,17). The van der Waals surface area contributed by atoms with Crippen molar-refractivity contribution in [3.05, 3.63) is 16.1 Å². The summed E-state index contributed by atoms with van der Waals surface area (Å²) in [6, 6.07) is 0. The normalized spacial score (nSPS) is 13.1. The van der Waals surface area contributed by atoms with Gasteiger partial charge in [-0.25, -0.2) is 9.78 Å². The highest BCUT2D eigenvalue weighted by Gasteiger charge is 2.17. The number of amides is 1. The molecule has 19 heavy (non-hydrogen) atoms. The maximum Gasteiger partial charge on any atom is 0.407 e. The van der Waals surface area contributed by atoms with E-state index in [0.717, 1.165) is 10.7 Å². The molecule has 0 radical (unpaired) electrons. The number of alkyl carbamates (subject to hydrolysis) is 1. The summed E-state index contributed by atoms with van der Waals surface area (Å²) in [6.45, 7) is 7.77. The summed E-state index contributed by atoms with van der Waals surface area (Å²) in [7, 11) is 0. The molecular formula is C13H22N2O3S. The molecule has 0 aliphatic carbocycles. The van der Waals surface area contributed by atoms with Gasteiger partial charge < -0.3 is 15.2 Å². The summed E-state index contributed by atoms with van der Waals surface area (Å²) in [6.07, 6.45) is 0.191. The quantitative estimate of drug-likeness (QED) is 0.870. The molecule has 0 saturated heterocycles. The van der Waals surface area contributed by atoms with E-state index in [1.165, 1.54) is 0 Å². The molecule has 6 heteroatoms. The third-order valence-electron chi connectivity index (χ3n) is 2.36. The fraction of sp³-hybridized carbons (Fsp3) is 0.692. The number of hydrogen-bond donors (Lipinski definition) is 2. The van der Waals surface area contributed by atoms with Crippen LogP contribution in [0.2, 0.25) is 0 Å². The Balaban J connectivity index is 2.38. The highest BCUT2D eigenvalue weighted by Crippen LogP contribution is 2.13. The first kappa shape index (κ1) is 15.9. The van der Waals surface area contributed by atoms with Gasteiger partial charge in [0.2, 0.25) is 0 Å². The molecule has 0 fully saturated rings. The van der Waals surface area contributed by atoms with E-state index in [1.54, 1.807) is 11.3 Å². The van der Waals surface area contributed by atoms with E-state index < -0.39 is 11.7 Å². The fourth-order valence-electron chi connectivity index (χ4n) is 1.54. The number of aliphatic hydroxyl groups is 1. The fourth-order valence-corrected chi connectivity index (χ4v) is 2.17. The third-order valence-corrected chi connectivity index (χ3v) is 3.18. The Labute approximate surface area is 118 Å². The Morgan fingerprint density at radius 2 is 2.26 bits per heavy atom. The molecule has 1 atom stereocenters. The summed E-state index contributed by atoms with van der Waals surface area (Å²) in [5, 5.41) is 15.0. The molecule has 0 aliphatic rings. The maximum absolute atomic E-state index is 11.5. The average Bonchev–Trinajstić information content (AvgIpc) is 2.67. The number of carbonyl (C=O) groups excluding carboxylic acids is 1. The average molecular weight is 286 g/mol. The van der Waals surface area contributed by atoms with Crippen LogP contribution in [-0.4, -0.2) is 34.9 Å². The number of nitrogens with zero attached hydrogens (tertiary/aromatic N) is 1. The van der Waals surface area contributed by atoms with Crippen LogP contribution in [0.3, 0.4) is 0 Å². The molecule has 0 spiro atoms. The van der Waals surface area contributed by atoms with Crippen LogP contribution >= 0.6 is 11.3 Å². The van der Waals surface area contributed by atoms with Crippen molar-refractivity contribution < 1.29 is 14.6 Å². The zero-order valence-corrected chi connectivity index (χ0v) is 12.7. The molecular weight excluding hydrogens is 264 g/mol. The molecule has 0 bridgehead atoms. The highest BCUT2D eigenvalue weighted by molar-refractivity contribution is 7.09. The summed E-state index contributed by atoms with van der Waals surface area (Å²) < 4.78 is 5.14. The predicted molar refractivity (Wildman–Crippen MR) is 75.4 cm³/mol. The summed E-state index contributed by atoms with van der Waals surface area (Å²) in [4.78, 5) is 15.9. The van der Waals surface area contributed by atoms with Crippen molar-refractivity contribution in [2.45, 2.75) is 39.7 Å². The van der Waals surface area contributed by atoms with Gasteiger partial charge in [0.15, 0.2) is 0 Å². The van der Waals surface area contributed by atoms with Crippen LogP contribution < -0.4 is 5.32 Å². The predicted octanol–water partition coefficient (Wildman–Crippen LogP) is 2.13. The number of aliphatic hydroxyl groups excluding tert-OH is 1. The van der Waals surface area contributed by atoms with E-state index in [1.807, 2.05) is 33.1 Å². The molecule has 1 rings (SSSR count). The molecule has 0 aliphatic heterocycles.